The summed E-state index contributed by atoms with van der Waals surface area (Å²) < 4.78 is 31.7. The molecule has 1 aliphatic heterocycles. The van der Waals surface area contributed by atoms with Gasteiger partial charge >= 0.3 is 18.1 Å². The number of aromatic nitrogens is 2. The zero-order chi connectivity index (χ0) is 27.4. The summed E-state index contributed by atoms with van der Waals surface area (Å²) in [5.74, 6) is -3.02. The molecule has 1 fully saturated rings. The Morgan fingerprint density at radius 1 is 0.842 bits per heavy atom. The van der Waals surface area contributed by atoms with Gasteiger partial charge in [-0.2, -0.15) is 13.2 Å². The molecule has 0 unspecified atom stereocenters. The lowest BCUT2D eigenvalue weighted by Gasteiger charge is -2.28. The summed E-state index contributed by atoms with van der Waals surface area (Å²) in [5, 5.41) is 16.7. The van der Waals surface area contributed by atoms with Gasteiger partial charge in [-0.25, -0.2) is 14.6 Å². The van der Waals surface area contributed by atoms with Gasteiger partial charge in [0.15, 0.2) is 0 Å². The number of nitrogens with one attached hydrogen (secondary N) is 1. The minimum absolute atomic E-state index is 0.217. The number of anilines is 1. The molecule has 198 valence electrons. The molecule has 1 saturated heterocycles. The van der Waals surface area contributed by atoms with Gasteiger partial charge in [0.2, 0.25) is 0 Å². The number of aromatic carboxylic acids is 1. The average molecular weight is 526 g/mol. The number of carboxylic acids is 2. The van der Waals surface area contributed by atoms with Crippen LogP contribution in [0.1, 0.15) is 35.4 Å². The Morgan fingerprint density at radius 3 is 1.84 bits per heavy atom. The standard InChI is InChI=1S/C26H25N3O2.C2HF3O2/c1-17-27-24-16-21(15-23(26(30)31)25(24)28-17)20-7-5-18(6-8-20)19-9-11-22(12-10-19)29-13-3-2-4-14-29;3-2(4,5)1(6)7/h5-12,15-16H,2-4,13-14H2,1H3,(H,27,28)(H,30,31);(H,6,7). The number of carbonyl (C=O) groups is 2. The number of benzene rings is 3. The molecular weight excluding hydrogens is 499 g/mol. The Morgan fingerprint density at radius 2 is 1.34 bits per heavy atom. The third kappa shape index (κ3) is 6.13. The van der Waals surface area contributed by atoms with Crippen LogP contribution in [0.3, 0.4) is 0 Å². The van der Waals surface area contributed by atoms with Gasteiger partial charge in [-0.1, -0.05) is 36.4 Å². The summed E-state index contributed by atoms with van der Waals surface area (Å²) in [7, 11) is 0. The van der Waals surface area contributed by atoms with E-state index in [0.29, 0.717) is 11.3 Å². The maximum Gasteiger partial charge on any atom is 0.490 e. The van der Waals surface area contributed by atoms with E-state index in [4.69, 9.17) is 9.90 Å². The Hall–Kier alpha value is -4.34. The number of piperidine rings is 1. The van der Waals surface area contributed by atoms with Gasteiger partial charge in [-0.15, -0.1) is 0 Å². The maximum absolute atomic E-state index is 11.7. The van der Waals surface area contributed by atoms with Crippen LogP contribution in [0.4, 0.5) is 18.9 Å². The van der Waals surface area contributed by atoms with E-state index in [2.05, 4.69) is 51.3 Å². The van der Waals surface area contributed by atoms with Crippen molar-refractivity contribution in [1.29, 1.82) is 0 Å². The monoisotopic (exact) mass is 525 g/mol. The Labute approximate surface area is 216 Å². The van der Waals surface area contributed by atoms with Crippen molar-refractivity contribution in [3.05, 3.63) is 72.1 Å². The first-order valence-electron chi connectivity index (χ1n) is 12.0. The number of imidazole rings is 1. The topological polar surface area (TPSA) is 107 Å². The fourth-order valence-corrected chi connectivity index (χ4v) is 4.44. The van der Waals surface area contributed by atoms with Crippen molar-refractivity contribution < 1.29 is 33.0 Å². The molecule has 3 N–H and O–H groups in total. The summed E-state index contributed by atoms with van der Waals surface area (Å²) in [5.41, 5.74) is 6.91. The van der Waals surface area contributed by atoms with Crippen molar-refractivity contribution >= 4 is 28.7 Å². The lowest BCUT2D eigenvalue weighted by atomic mass is 9.98. The van der Waals surface area contributed by atoms with E-state index in [1.807, 2.05) is 25.1 Å². The van der Waals surface area contributed by atoms with Gasteiger partial charge in [0.25, 0.3) is 0 Å². The predicted molar refractivity (Wildman–Crippen MR) is 138 cm³/mol. The Balaban J connectivity index is 0.000000426. The second kappa shape index (κ2) is 11.0. The molecule has 0 radical (unpaired) electrons. The lowest BCUT2D eigenvalue weighted by molar-refractivity contribution is -0.192. The van der Waals surface area contributed by atoms with Gasteiger partial charge < -0.3 is 20.1 Å². The van der Waals surface area contributed by atoms with Gasteiger partial charge in [-0.05, 0) is 72.7 Å². The van der Waals surface area contributed by atoms with Crippen molar-refractivity contribution in [3.8, 4) is 22.3 Å². The first-order chi connectivity index (χ1) is 18.0. The quantitative estimate of drug-likeness (QED) is 0.280. The van der Waals surface area contributed by atoms with Gasteiger partial charge in [0.05, 0.1) is 11.1 Å². The minimum atomic E-state index is -5.08. The fraction of sp³-hybridized carbons (Fsp3) is 0.250. The number of aliphatic carboxylic acids is 1. The van der Waals surface area contributed by atoms with E-state index in [1.165, 1.54) is 30.5 Å². The molecule has 0 amide bonds. The molecule has 2 heterocycles. The number of rotatable bonds is 4. The third-order valence-electron chi connectivity index (χ3n) is 6.32. The van der Waals surface area contributed by atoms with Crippen molar-refractivity contribution in [2.75, 3.05) is 18.0 Å². The van der Waals surface area contributed by atoms with Gasteiger partial charge in [0, 0.05) is 18.8 Å². The smallest absolute Gasteiger partial charge is 0.478 e. The molecule has 10 heteroatoms. The Bertz CT molecular complexity index is 1440. The van der Waals surface area contributed by atoms with Gasteiger partial charge in [-0.3, -0.25) is 0 Å². The highest BCUT2D eigenvalue weighted by Gasteiger charge is 2.38. The van der Waals surface area contributed by atoms with Crippen molar-refractivity contribution in [1.82, 2.24) is 9.97 Å². The highest BCUT2D eigenvalue weighted by Crippen LogP contribution is 2.30. The first kappa shape index (κ1) is 26.7. The zero-order valence-electron chi connectivity index (χ0n) is 20.5. The first-order valence-corrected chi connectivity index (χ1v) is 12.0. The molecule has 1 aromatic heterocycles. The van der Waals surface area contributed by atoms with E-state index in [-0.39, 0.29) is 5.56 Å². The highest BCUT2D eigenvalue weighted by molar-refractivity contribution is 6.03. The molecule has 4 aromatic rings. The van der Waals surface area contributed by atoms with Crippen molar-refractivity contribution in [3.63, 3.8) is 0 Å². The summed E-state index contributed by atoms with van der Waals surface area (Å²) in [6.07, 6.45) is -1.20. The van der Waals surface area contributed by atoms with Crippen LogP contribution in [0, 0.1) is 6.92 Å². The van der Waals surface area contributed by atoms with E-state index in [0.717, 1.165) is 35.3 Å². The van der Waals surface area contributed by atoms with E-state index < -0.39 is 18.1 Å². The maximum atomic E-state index is 11.7. The summed E-state index contributed by atoms with van der Waals surface area (Å²) in [6.45, 7) is 4.12. The van der Waals surface area contributed by atoms with Crippen LogP contribution in [-0.4, -0.2) is 51.4 Å². The predicted octanol–water partition coefficient (Wildman–Crippen LogP) is 6.53. The number of hydrogen-bond donors (Lipinski definition) is 3. The van der Waals surface area contributed by atoms with E-state index >= 15 is 0 Å². The van der Waals surface area contributed by atoms with Crippen LogP contribution in [0.5, 0.6) is 0 Å². The highest BCUT2D eigenvalue weighted by atomic mass is 19.4. The molecular formula is C28H26F3N3O4. The number of carboxylic acid groups (broad SMARTS) is 2. The molecule has 0 spiro atoms. The number of hydrogen-bond acceptors (Lipinski definition) is 4. The van der Waals surface area contributed by atoms with Crippen LogP contribution >= 0.6 is 0 Å². The fourth-order valence-electron chi connectivity index (χ4n) is 4.44. The number of alkyl halides is 3. The van der Waals surface area contributed by atoms with Gasteiger partial charge in [0.1, 0.15) is 11.3 Å². The molecule has 1 aliphatic rings. The Kier molecular flexibility index (Phi) is 7.70. The second-order valence-electron chi connectivity index (χ2n) is 9.02. The SMILES string of the molecule is Cc1nc2c(C(=O)O)cc(-c3ccc(-c4ccc(N5CCCCC5)cc4)cc3)cc2[nH]1.O=C(O)C(F)(F)F. The average Bonchev–Trinajstić information content (AvgIpc) is 3.28. The molecule has 0 atom stereocenters. The lowest BCUT2D eigenvalue weighted by Crippen LogP contribution is -2.29. The number of fused-ring (bicyclic) bond motifs is 1. The second-order valence-corrected chi connectivity index (χ2v) is 9.02. The summed E-state index contributed by atoms with van der Waals surface area (Å²) in [4.78, 5) is 30.6. The molecule has 38 heavy (non-hydrogen) atoms. The van der Waals surface area contributed by atoms with Crippen LogP contribution < -0.4 is 4.90 Å². The number of aromatic amines is 1. The molecule has 0 aliphatic carbocycles. The molecule has 5 rings (SSSR count). The van der Waals surface area contributed by atoms with Crippen molar-refractivity contribution in [2.45, 2.75) is 32.4 Å². The van der Waals surface area contributed by atoms with Crippen LogP contribution in [-0.2, 0) is 4.79 Å². The largest absolute Gasteiger partial charge is 0.490 e. The normalized spacial score (nSPS) is 13.6. The summed E-state index contributed by atoms with van der Waals surface area (Å²) in [6, 6.07) is 20.7. The number of aryl methyl sites for hydroxylation is 1. The molecule has 7 nitrogen and oxygen atoms in total. The number of halogens is 3. The number of H-pyrrole nitrogens is 1. The van der Waals surface area contributed by atoms with E-state index in [1.54, 1.807) is 6.07 Å². The van der Waals surface area contributed by atoms with Crippen LogP contribution in [0.2, 0.25) is 0 Å². The van der Waals surface area contributed by atoms with Crippen molar-refractivity contribution in [2.24, 2.45) is 0 Å². The van der Waals surface area contributed by atoms with E-state index in [9.17, 15) is 23.1 Å². The zero-order valence-corrected chi connectivity index (χ0v) is 20.5. The van der Waals surface area contributed by atoms with Crippen LogP contribution in [0.15, 0.2) is 60.7 Å². The number of nitrogens with zero attached hydrogens (tertiary/aromatic N) is 2. The third-order valence-corrected chi connectivity index (χ3v) is 6.32. The molecule has 0 bridgehead atoms. The molecule has 3 aromatic carbocycles. The van der Waals surface area contributed by atoms with Crippen LogP contribution in [0.25, 0.3) is 33.3 Å². The molecule has 0 saturated carbocycles. The summed E-state index contributed by atoms with van der Waals surface area (Å²) >= 11 is 0. The minimum Gasteiger partial charge on any atom is -0.478 e.